The number of aromatic amines is 1. The molecule has 0 spiro atoms. The van der Waals surface area contributed by atoms with Crippen molar-refractivity contribution in [1.29, 1.82) is 0 Å². The van der Waals surface area contributed by atoms with Crippen LogP contribution in [0.15, 0.2) is 47.3 Å². The van der Waals surface area contributed by atoms with E-state index in [4.69, 9.17) is 0 Å². The Kier molecular flexibility index (Phi) is 4.15. The van der Waals surface area contributed by atoms with Crippen LogP contribution in [0.3, 0.4) is 0 Å². The molecule has 0 saturated carbocycles. The van der Waals surface area contributed by atoms with E-state index in [0.717, 1.165) is 12.1 Å². The maximum Gasteiger partial charge on any atom is 0.274 e. The summed E-state index contributed by atoms with van der Waals surface area (Å²) in [5.74, 6) is -0.382. The monoisotopic (exact) mass is 354 g/mol. The molecule has 10 heteroatoms. The lowest BCUT2D eigenvalue weighted by Crippen LogP contribution is -2.12. The number of hydrogen-bond donors (Lipinski definition) is 2. The minimum atomic E-state index is -0.671. The molecule has 0 saturated heterocycles. The third kappa shape index (κ3) is 3.24. The van der Waals surface area contributed by atoms with Crippen molar-refractivity contribution in [3.63, 3.8) is 0 Å². The second-order valence-electron chi connectivity index (χ2n) is 5.25. The van der Waals surface area contributed by atoms with Crippen LogP contribution in [0.1, 0.15) is 11.3 Å². The third-order valence-corrected chi connectivity index (χ3v) is 3.54. The number of nitro benzene ring substituents is 2. The van der Waals surface area contributed by atoms with Crippen molar-refractivity contribution in [3.8, 4) is 0 Å². The SMILES string of the molecule is O=c1[nH]c2cc([N+](=O)[O-])ccc2nc1/C=C(\O)c1cccc([N+](=O)[O-])c1. The third-order valence-electron chi connectivity index (χ3n) is 3.54. The van der Waals surface area contributed by atoms with Crippen LogP contribution >= 0.6 is 0 Å². The first-order valence-corrected chi connectivity index (χ1v) is 7.19. The summed E-state index contributed by atoms with van der Waals surface area (Å²) >= 11 is 0. The van der Waals surface area contributed by atoms with E-state index in [0.29, 0.717) is 0 Å². The molecule has 0 aliphatic heterocycles. The fraction of sp³-hybridized carbons (Fsp3) is 0. The number of non-ortho nitro benzene ring substituents is 2. The van der Waals surface area contributed by atoms with Gasteiger partial charge in [0.15, 0.2) is 0 Å². The summed E-state index contributed by atoms with van der Waals surface area (Å²) < 4.78 is 0. The zero-order chi connectivity index (χ0) is 18.8. The molecule has 0 radical (unpaired) electrons. The van der Waals surface area contributed by atoms with Gasteiger partial charge in [-0.3, -0.25) is 25.0 Å². The quantitative estimate of drug-likeness (QED) is 0.415. The highest BCUT2D eigenvalue weighted by Gasteiger charge is 2.12. The molecule has 130 valence electrons. The molecule has 3 rings (SSSR count). The van der Waals surface area contributed by atoms with Crippen LogP contribution < -0.4 is 5.56 Å². The van der Waals surface area contributed by atoms with E-state index < -0.39 is 15.4 Å². The number of nitrogens with one attached hydrogen (secondary N) is 1. The van der Waals surface area contributed by atoms with Crippen LogP contribution in [0.5, 0.6) is 0 Å². The van der Waals surface area contributed by atoms with Crippen LogP contribution in [0.25, 0.3) is 22.9 Å². The first-order valence-electron chi connectivity index (χ1n) is 7.19. The number of hydrogen-bond acceptors (Lipinski definition) is 7. The Bertz CT molecular complexity index is 1140. The molecule has 2 aromatic carbocycles. The number of H-pyrrole nitrogens is 1. The Morgan fingerprint density at radius 1 is 1.08 bits per heavy atom. The van der Waals surface area contributed by atoms with E-state index in [1.807, 2.05) is 0 Å². The lowest BCUT2D eigenvalue weighted by molar-refractivity contribution is -0.385. The van der Waals surface area contributed by atoms with Gasteiger partial charge < -0.3 is 10.1 Å². The molecule has 0 aliphatic carbocycles. The van der Waals surface area contributed by atoms with Crippen LogP contribution in [0.2, 0.25) is 0 Å². The Morgan fingerprint density at radius 2 is 1.77 bits per heavy atom. The van der Waals surface area contributed by atoms with E-state index in [9.17, 15) is 30.1 Å². The highest BCUT2D eigenvalue weighted by atomic mass is 16.6. The lowest BCUT2D eigenvalue weighted by atomic mass is 10.1. The van der Waals surface area contributed by atoms with Crippen LogP contribution in [0.4, 0.5) is 11.4 Å². The number of nitro groups is 2. The normalized spacial score (nSPS) is 11.5. The number of aliphatic hydroxyl groups is 1. The van der Waals surface area contributed by atoms with Crippen molar-refractivity contribution in [2.24, 2.45) is 0 Å². The second kappa shape index (κ2) is 6.43. The minimum absolute atomic E-state index is 0.143. The average Bonchev–Trinajstić information content (AvgIpc) is 2.61. The second-order valence-corrected chi connectivity index (χ2v) is 5.25. The smallest absolute Gasteiger partial charge is 0.274 e. The molecule has 10 nitrogen and oxygen atoms in total. The number of nitrogens with zero attached hydrogens (tertiary/aromatic N) is 3. The maximum atomic E-state index is 12.1. The average molecular weight is 354 g/mol. The summed E-state index contributed by atoms with van der Waals surface area (Å²) in [5, 5.41) is 31.7. The zero-order valence-electron chi connectivity index (χ0n) is 12.9. The topological polar surface area (TPSA) is 152 Å². The minimum Gasteiger partial charge on any atom is -0.507 e. The molecule has 0 fully saturated rings. The van der Waals surface area contributed by atoms with Crippen LogP contribution in [0, 0.1) is 20.2 Å². The largest absolute Gasteiger partial charge is 0.507 e. The fourth-order valence-electron chi connectivity index (χ4n) is 2.29. The van der Waals surface area contributed by atoms with Gasteiger partial charge >= 0.3 is 0 Å². The van der Waals surface area contributed by atoms with Gasteiger partial charge in [-0.1, -0.05) is 12.1 Å². The molecule has 0 atom stereocenters. The van der Waals surface area contributed by atoms with Gasteiger partial charge in [0, 0.05) is 35.9 Å². The van der Waals surface area contributed by atoms with Crippen molar-refractivity contribution in [2.75, 3.05) is 0 Å². The molecule has 0 aliphatic rings. The highest BCUT2D eigenvalue weighted by Crippen LogP contribution is 2.21. The Morgan fingerprint density at radius 3 is 2.46 bits per heavy atom. The van der Waals surface area contributed by atoms with Crippen LogP contribution in [-0.2, 0) is 0 Å². The van der Waals surface area contributed by atoms with Gasteiger partial charge in [-0.05, 0) is 6.07 Å². The number of aliphatic hydroxyl groups excluding tert-OH is 1. The van der Waals surface area contributed by atoms with Gasteiger partial charge in [0.05, 0.1) is 20.9 Å². The summed E-state index contributed by atoms with van der Waals surface area (Å²) in [6, 6.07) is 9.05. The number of rotatable bonds is 4. The molecular weight excluding hydrogens is 344 g/mol. The molecule has 26 heavy (non-hydrogen) atoms. The first-order chi connectivity index (χ1) is 12.3. The van der Waals surface area contributed by atoms with Crippen LogP contribution in [-0.4, -0.2) is 24.9 Å². The summed E-state index contributed by atoms with van der Waals surface area (Å²) in [6.07, 6.45) is 1.07. The summed E-state index contributed by atoms with van der Waals surface area (Å²) in [7, 11) is 0. The molecule has 2 N–H and O–H groups in total. The van der Waals surface area contributed by atoms with E-state index in [-0.39, 0.29) is 39.4 Å². The van der Waals surface area contributed by atoms with Crippen molar-refractivity contribution in [2.45, 2.75) is 0 Å². The summed E-state index contributed by atoms with van der Waals surface area (Å²) in [6.45, 7) is 0. The first kappa shape index (κ1) is 16.8. The van der Waals surface area contributed by atoms with E-state index in [2.05, 4.69) is 9.97 Å². The van der Waals surface area contributed by atoms with Gasteiger partial charge in [0.1, 0.15) is 11.5 Å². The van der Waals surface area contributed by atoms with Gasteiger partial charge in [0.2, 0.25) is 0 Å². The van der Waals surface area contributed by atoms with E-state index in [1.54, 1.807) is 0 Å². The molecule has 1 aromatic heterocycles. The van der Waals surface area contributed by atoms with Gasteiger partial charge in [0.25, 0.3) is 16.9 Å². The Hall–Kier alpha value is -4.08. The van der Waals surface area contributed by atoms with Gasteiger partial charge in [-0.2, -0.15) is 0 Å². The maximum absolute atomic E-state index is 12.1. The predicted molar refractivity (Wildman–Crippen MR) is 92.6 cm³/mol. The lowest BCUT2D eigenvalue weighted by Gasteiger charge is -2.02. The molecule has 0 amide bonds. The molecule has 3 aromatic rings. The van der Waals surface area contributed by atoms with Crippen molar-refractivity contribution in [3.05, 3.63) is 84.3 Å². The summed E-state index contributed by atoms with van der Waals surface area (Å²) in [4.78, 5) is 39.0. The number of aromatic nitrogens is 2. The standard InChI is InChI=1S/C16H10N4O6/c21-15(9-2-1-3-10(6-9)19(23)24)8-14-16(22)18-13-7-11(20(25)26)4-5-12(13)17-14/h1-8,21H,(H,18,22)/b15-8-. The van der Waals surface area contributed by atoms with Crippen molar-refractivity contribution < 1.29 is 15.0 Å². The Balaban J connectivity index is 2.06. The molecule has 0 unspecified atom stereocenters. The Labute approximate surface area is 144 Å². The van der Waals surface area contributed by atoms with E-state index >= 15 is 0 Å². The number of fused-ring (bicyclic) bond motifs is 1. The predicted octanol–water partition coefficient (Wildman–Crippen LogP) is 2.80. The van der Waals surface area contributed by atoms with E-state index in [1.165, 1.54) is 36.4 Å². The molecule has 1 heterocycles. The number of benzene rings is 2. The van der Waals surface area contributed by atoms with Crippen molar-refractivity contribution in [1.82, 2.24) is 9.97 Å². The summed E-state index contributed by atoms with van der Waals surface area (Å²) in [5.41, 5.74) is -0.619. The highest BCUT2D eigenvalue weighted by molar-refractivity contribution is 5.80. The molecule has 0 bridgehead atoms. The fourth-order valence-corrected chi connectivity index (χ4v) is 2.29. The van der Waals surface area contributed by atoms with Gasteiger partial charge in [-0.25, -0.2) is 4.98 Å². The zero-order valence-corrected chi connectivity index (χ0v) is 12.9. The van der Waals surface area contributed by atoms with Crippen molar-refractivity contribution >= 4 is 34.2 Å². The van der Waals surface area contributed by atoms with Gasteiger partial charge in [-0.15, -0.1) is 0 Å². The molecular formula is C16H10N4O6.